The second kappa shape index (κ2) is 9.56. The Morgan fingerprint density at radius 3 is 2.76 bits per heavy atom. The number of anilines is 2. The van der Waals surface area contributed by atoms with Crippen LogP contribution >= 0.6 is 0 Å². The number of carbonyl (C=O) groups excluding carboxylic acids is 3. The van der Waals surface area contributed by atoms with Gasteiger partial charge in [0.25, 0.3) is 5.91 Å². The van der Waals surface area contributed by atoms with E-state index in [1.807, 2.05) is 20.0 Å². The first-order valence-electron chi connectivity index (χ1n) is 12.8. The highest BCUT2D eigenvalue weighted by Gasteiger charge is 2.64. The van der Waals surface area contributed by atoms with Crippen LogP contribution in [0.15, 0.2) is 24.4 Å². The third-order valence-electron chi connectivity index (χ3n) is 7.81. The SMILES string of the molecule is CC(=O)OC1CC(=O)N1c1ccc2c(c1)[C@]1(O[C@@H](CCn3cc(CCO)nn3)[C@H]([Si](C)(C)O)[C@H]1C)C(=O)N2. The van der Waals surface area contributed by atoms with Crippen molar-refractivity contribution in [2.24, 2.45) is 5.92 Å². The summed E-state index contributed by atoms with van der Waals surface area (Å²) in [6.07, 6.45) is 1.66. The molecule has 13 heteroatoms. The zero-order valence-corrected chi connectivity index (χ0v) is 22.9. The van der Waals surface area contributed by atoms with Gasteiger partial charge < -0.3 is 24.7 Å². The number of nitrogens with zero attached hydrogens (tertiary/aromatic N) is 4. The summed E-state index contributed by atoms with van der Waals surface area (Å²) in [5.74, 6) is -1.32. The number of aliphatic hydroxyl groups excluding tert-OH is 1. The van der Waals surface area contributed by atoms with Gasteiger partial charge in [0.05, 0.1) is 18.2 Å². The van der Waals surface area contributed by atoms with Crippen LogP contribution in [0.4, 0.5) is 11.4 Å². The number of rotatable bonds is 8. The van der Waals surface area contributed by atoms with E-state index < -0.39 is 32.2 Å². The number of carbonyl (C=O) groups is 3. The van der Waals surface area contributed by atoms with Crippen LogP contribution < -0.4 is 10.2 Å². The molecule has 12 nitrogen and oxygen atoms in total. The Bertz CT molecular complexity index is 1280. The van der Waals surface area contributed by atoms with E-state index in [1.165, 1.54) is 11.8 Å². The second-order valence-corrected chi connectivity index (χ2v) is 14.8. The van der Waals surface area contributed by atoms with Gasteiger partial charge in [-0.05, 0) is 37.7 Å². The highest BCUT2D eigenvalue weighted by Crippen LogP contribution is 2.58. The van der Waals surface area contributed by atoms with E-state index in [0.717, 1.165) is 0 Å². The molecule has 0 bridgehead atoms. The molecule has 0 radical (unpaired) electrons. The van der Waals surface area contributed by atoms with Crippen molar-refractivity contribution in [3.63, 3.8) is 0 Å². The summed E-state index contributed by atoms with van der Waals surface area (Å²) in [5, 5.41) is 20.3. The number of hydrogen-bond donors (Lipinski definition) is 3. The molecule has 5 rings (SSSR count). The van der Waals surface area contributed by atoms with E-state index in [9.17, 15) is 19.2 Å². The molecule has 4 heterocycles. The molecule has 0 aliphatic carbocycles. The molecule has 1 unspecified atom stereocenters. The maximum absolute atomic E-state index is 13.6. The monoisotopic (exact) mass is 543 g/mol. The fourth-order valence-corrected chi connectivity index (χ4v) is 8.83. The lowest BCUT2D eigenvalue weighted by Crippen LogP contribution is -2.55. The molecule has 2 amide bonds. The summed E-state index contributed by atoms with van der Waals surface area (Å²) < 4.78 is 13.6. The lowest BCUT2D eigenvalue weighted by Gasteiger charge is -2.39. The van der Waals surface area contributed by atoms with Crippen LogP contribution in [0.3, 0.4) is 0 Å². The van der Waals surface area contributed by atoms with E-state index >= 15 is 0 Å². The first kappa shape index (κ1) is 26.5. The average molecular weight is 544 g/mol. The number of amides is 2. The smallest absolute Gasteiger partial charge is 0.304 e. The van der Waals surface area contributed by atoms with Crippen molar-refractivity contribution in [1.29, 1.82) is 0 Å². The predicted molar refractivity (Wildman–Crippen MR) is 137 cm³/mol. The fraction of sp³-hybridized carbons (Fsp3) is 0.560. The quantitative estimate of drug-likeness (QED) is 0.254. The highest BCUT2D eigenvalue weighted by atomic mass is 28.4. The molecule has 3 aliphatic heterocycles. The van der Waals surface area contributed by atoms with Gasteiger partial charge in [0.15, 0.2) is 20.1 Å². The molecule has 1 aromatic heterocycles. The molecule has 2 aromatic rings. The van der Waals surface area contributed by atoms with Crippen molar-refractivity contribution in [1.82, 2.24) is 15.0 Å². The van der Waals surface area contributed by atoms with Crippen LogP contribution in [0.2, 0.25) is 18.6 Å². The standard InChI is InChI=1S/C25H33N5O7Si/c1-14-23(38(3,4)35)20(7-9-29-13-16(8-10-31)27-28-29)37-25(14)18-11-17(5-6-19(18)26-24(25)34)30-21(33)12-22(30)36-15(2)32/h5-6,11,13-14,20,22-23,31,35H,7-10,12H2,1-4H3,(H,26,34)/t14-,20+,22?,23-,25+/m1/s1. The molecule has 5 atom stereocenters. The minimum Gasteiger partial charge on any atom is -0.441 e. The Labute approximate surface area is 221 Å². The summed E-state index contributed by atoms with van der Waals surface area (Å²) in [6, 6.07) is 5.19. The van der Waals surface area contributed by atoms with Gasteiger partial charge in [-0.25, -0.2) is 0 Å². The molecule has 0 saturated carbocycles. The Morgan fingerprint density at radius 2 is 2.11 bits per heavy atom. The second-order valence-electron chi connectivity index (χ2n) is 10.8. The molecule has 38 heavy (non-hydrogen) atoms. The van der Waals surface area contributed by atoms with Crippen molar-refractivity contribution < 1.29 is 33.8 Å². The lowest BCUT2D eigenvalue weighted by molar-refractivity contribution is -0.153. The fourth-order valence-electron chi connectivity index (χ4n) is 6.22. The minimum atomic E-state index is -2.82. The predicted octanol–water partition coefficient (Wildman–Crippen LogP) is 1.28. The number of β-lactam (4-membered cyclic amide) rings is 1. The van der Waals surface area contributed by atoms with Gasteiger partial charge in [-0.15, -0.1) is 5.10 Å². The van der Waals surface area contributed by atoms with E-state index in [4.69, 9.17) is 14.6 Å². The van der Waals surface area contributed by atoms with Crippen molar-refractivity contribution in [2.75, 3.05) is 16.8 Å². The Morgan fingerprint density at radius 1 is 1.34 bits per heavy atom. The largest absolute Gasteiger partial charge is 0.441 e. The minimum absolute atomic E-state index is 0.0159. The van der Waals surface area contributed by atoms with Crippen LogP contribution in [0.25, 0.3) is 0 Å². The number of benzene rings is 1. The van der Waals surface area contributed by atoms with Gasteiger partial charge >= 0.3 is 5.97 Å². The third kappa shape index (κ3) is 4.32. The number of aryl methyl sites for hydroxylation is 1. The summed E-state index contributed by atoms with van der Waals surface area (Å²) in [5.41, 5.74) is 0.778. The van der Waals surface area contributed by atoms with Gasteiger partial charge in [0, 0.05) is 61.1 Å². The van der Waals surface area contributed by atoms with E-state index in [2.05, 4.69) is 15.6 Å². The van der Waals surface area contributed by atoms with Crippen LogP contribution in [-0.2, 0) is 42.4 Å². The van der Waals surface area contributed by atoms with Gasteiger partial charge in [-0.3, -0.25) is 24.0 Å². The number of aromatic nitrogens is 3. The summed E-state index contributed by atoms with van der Waals surface area (Å²) in [7, 11) is -2.82. The van der Waals surface area contributed by atoms with Crippen molar-refractivity contribution >= 4 is 37.5 Å². The third-order valence-corrected chi connectivity index (χ3v) is 10.3. The zero-order valence-electron chi connectivity index (χ0n) is 21.9. The van der Waals surface area contributed by atoms with E-state index in [-0.39, 0.29) is 36.3 Å². The Hall–Kier alpha value is -3.13. The normalized spacial score (nSPS) is 28.4. The summed E-state index contributed by atoms with van der Waals surface area (Å²) in [6.45, 7) is 7.38. The Balaban J connectivity index is 1.46. The molecular formula is C25H33N5O7Si. The van der Waals surface area contributed by atoms with Gasteiger partial charge in [-0.1, -0.05) is 12.1 Å². The lowest BCUT2D eigenvalue weighted by atomic mass is 9.82. The first-order valence-corrected chi connectivity index (χ1v) is 15.8. The number of hydrogen-bond acceptors (Lipinski definition) is 9. The molecule has 1 spiro atoms. The maximum Gasteiger partial charge on any atom is 0.304 e. The van der Waals surface area contributed by atoms with Crippen molar-refractivity contribution in [3.05, 3.63) is 35.7 Å². The Kier molecular flexibility index (Phi) is 6.66. The maximum atomic E-state index is 13.6. The van der Waals surface area contributed by atoms with E-state index in [0.29, 0.717) is 42.0 Å². The molecule has 204 valence electrons. The molecule has 3 aliphatic rings. The zero-order chi connectivity index (χ0) is 27.4. The molecule has 1 aromatic carbocycles. The molecule has 2 saturated heterocycles. The molecule has 3 N–H and O–H groups in total. The topological polar surface area (TPSA) is 156 Å². The number of fused-ring (bicyclic) bond motifs is 2. The van der Waals surface area contributed by atoms with E-state index in [1.54, 1.807) is 29.1 Å². The van der Waals surface area contributed by atoms with Crippen LogP contribution in [0.5, 0.6) is 0 Å². The van der Waals surface area contributed by atoms with Gasteiger partial charge in [-0.2, -0.15) is 0 Å². The number of nitrogens with one attached hydrogen (secondary N) is 1. The number of ether oxygens (including phenoxy) is 2. The van der Waals surface area contributed by atoms with Crippen molar-refractivity contribution in [3.8, 4) is 0 Å². The number of esters is 1. The highest BCUT2D eigenvalue weighted by molar-refractivity contribution is 6.71. The molecule has 2 fully saturated rings. The number of aliphatic hydroxyl groups is 1. The van der Waals surface area contributed by atoms with Crippen LogP contribution in [0.1, 0.15) is 37.9 Å². The van der Waals surface area contributed by atoms with Gasteiger partial charge in [0.1, 0.15) is 0 Å². The van der Waals surface area contributed by atoms with Crippen LogP contribution in [0, 0.1) is 5.92 Å². The first-order chi connectivity index (χ1) is 18.0. The summed E-state index contributed by atoms with van der Waals surface area (Å²) >= 11 is 0. The summed E-state index contributed by atoms with van der Waals surface area (Å²) in [4.78, 5) is 50.2. The van der Waals surface area contributed by atoms with Crippen LogP contribution in [-0.4, -0.2) is 69.9 Å². The van der Waals surface area contributed by atoms with Gasteiger partial charge in [0.2, 0.25) is 5.91 Å². The molecular weight excluding hydrogens is 510 g/mol. The average Bonchev–Trinajstić information content (AvgIpc) is 3.47. The van der Waals surface area contributed by atoms with Crippen molar-refractivity contribution in [2.45, 2.75) is 76.2 Å².